The Kier molecular flexibility index (Phi) is 5.62. The van der Waals surface area contributed by atoms with Crippen molar-refractivity contribution in [1.29, 1.82) is 0 Å². The van der Waals surface area contributed by atoms with Crippen LogP contribution in [-0.2, 0) is 11.3 Å². The van der Waals surface area contributed by atoms with E-state index < -0.39 is 11.5 Å². The van der Waals surface area contributed by atoms with Crippen molar-refractivity contribution in [3.8, 4) is 0 Å². The second-order valence-corrected chi connectivity index (χ2v) is 7.48. The number of hydrogen-bond donors (Lipinski definition) is 2. The Bertz CT molecular complexity index is 894. The van der Waals surface area contributed by atoms with Gasteiger partial charge >= 0.3 is 0 Å². The van der Waals surface area contributed by atoms with Crippen molar-refractivity contribution in [3.63, 3.8) is 0 Å². The molecule has 27 heavy (non-hydrogen) atoms. The third-order valence-electron chi connectivity index (χ3n) is 5.64. The van der Waals surface area contributed by atoms with E-state index in [1.54, 1.807) is 17.0 Å². The quantitative estimate of drug-likeness (QED) is 0.818. The van der Waals surface area contributed by atoms with Crippen LogP contribution in [0, 0.1) is 12.3 Å². The van der Waals surface area contributed by atoms with Crippen LogP contribution >= 0.6 is 0 Å². The topological polar surface area (TPSA) is 95.7 Å². The Morgan fingerprint density at radius 1 is 1.33 bits per heavy atom. The van der Waals surface area contributed by atoms with E-state index in [1.807, 2.05) is 26.0 Å². The maximum Gasteiger partial charge on any atom is 0.275 e. The lowest BCUT2D eigenvalue weighted by atomic mass is 9.74. The van der Waals surface area contributed by atoms with Gasteiger partial charge in [-0.2, -0.15) is 5.10 Å². The number of rotatable bonds is 5. The molecule has 1 aromatic heterocycles. The van der Waals surface area contributed by atoms with Crippen molar-refractivity contribution >= 4 is 16.7 Å². The van der Waals surface area contributed by atoms with Gasteiger partial charge in [0.15, 0.2) is 0 Å². The Labute approximate surface area is 158 Å². The molecule has 0 spiro atoms. The van der Waals surface area contributed by atoms with Crippen molar-refractivity contribution in [2.24, 2.45) is 5.41 Å². The van der Waals surface area contributed by atoms with Crippen molar-refractivity contribution in [2.75, 3.05) is 19.7 Å². The third kappa shape index (κ3) is 3.61. The molecule has 3 rings (SSSR count). The van der Waals surface area contributed by atoms with Crippen LogP contribution in [0.4, 0.5) is 0 Å². The third-order valence-corrected chi connectivity index (χ3v) is 5.64. The van der Waals surface area contributed by atoms with E-state index in [1.165, 1.54) is 4.68 Å². The first-order valence-electron chi connectivity index (χ1n) is 9.45. The molecule has 7 nitrogen and oxygen atoms in total. The molecule has 2 atom stereocenters. The van der Waals surface area contributed by atoms with Crippen LogP contribution in [0.25, 0.3) is 10.8 Å². The molecule has 1 aliphatic rings. The molecule has 1 aromatic carbocycles. The zero-order valence-electron chi connectivity index (χ0n) is 15.9. The molecule has 0 saturated carbocycles. The summed E-state index contributed by atoms with van der Waals surface area (Å²) in [4.78, 5) is 27.2. The predicted octanol–water partition coefficient (Wildman–Crippen LogP) is 1.08. The number of likely N-dealkylation sites (tertiary alicyclic amines) is 1. The summed E-state index contributed by atoms with van der Waals surface area (Å²) in [6.45, 7) is 4.20. The summed E-state index contributed by atoms with van der Waals surface area (Å²) in [5, 5.41) is 25.9. The van der Waals surface area contributed by atoms with Crippen molar-refractivity contribution in [3.05, 3.63) is 40.3 Å². The fourth-order valence-corrected chi connectivity index (χ4v) is 4.08. The van der Waals surface area contributed by atoms with Gasteiger partial charge in [-0.25, -0.2) is 4.68 Å². The first-order valence-corrected chi connectivity index (χ1v) is 9.45. The molecule has 1 aliphatic heterocycles. The zero-order chi connectivity index (χ0) is 19.6. The van der Waals surface area contributed by atoms with Gasteiger partial charge in [0.2, 0.25) is 5.91 Å². The minimum atomic E-state index is -0.694. The van der Waals surface area contributed by atoms with Crippen molar-refractivity contribution < 1.29 is 15.0 Å². The Morgan fingerprint density at radius 3 is 2.70 bits per heavy atom. The van der Waals surface area contributed by atoms with E-state index in [2.05, 4.69) is 5.10 Å². The molecule has 146 valence electrons. The fraction of sp³-hybridized carbons (Fsp3) is 0.550. The summed E-state index contributed by atoms with van der Waals surface area (Å²) in [5.74, 6) is -0.222. The van der Waals surface area contributed by atoms with Crippen LogP contribution < -0.4 is 5.56 Å². The molecule has 7 heteroatoms. The number of hydrogen-bond acceptors (Lipinski definition) is 5. The molecule has 2 heterocycles. The van der Waals surface area contributed by atoms with Gasteiger partial charge in [0, 0.05) is 23.9 Å². The van der Waals surface area contributed by atoms with Crippen molar-refractivity contribution in [2.45, 2.75) is 45.8 Å². The normalized spacial score (nSPS) is 23.0. The Balaban J connectivity index is 1.84. The predicted molar refractivity (Wildman–Crippen MR) is 102 cm³/mol. The molecule has 2 N–H and O–H groups in total. The van der Waals surface area contributed by atoms with Gasteiger partial charge in [0.05, 0.1) is 23.8 Å². The van der Waals surface area contributed by atoms with Crippen LogP contribution in [0.3, 0.4) is 0 Å². The standard InChI is InChI=1S/C20H27N3O4/c1-3-9-20(13-24)12-22(10-8-17(20)25)18(26)11-23-19(27)16-7-5-4-6-15(16)14(2)21-23/h4-7,17,24-25H,3,8-13H2,1-2H3/t17-,20+/m1/s1. The lowest BCUT2D eigenvalue weighted by Gasteiger charge is -2.45. The maximum atomic E-state index is 12.8. The number of fused-ring (bicyclic) bond motifs is 1. The highest BCUT2D eigenvalue weighted by molar-refractivity contribution is 5.83. The summed E-state index contributed by atoms with van der Waals surface area (Å²) in [5.41, 5.74) is -0.285. The monoisotopic (exact) mass is 373 g/mol. The van der Waals surface area contributed by atoms with E-state index in [9.17, 15) is 19.8 Å². The largest absolute Gasteiger partial charge is 0.396 e. The number of carbonyl (C=O) groups is 1. The summed E-state index contributed by atoms with van der Waals surface area (Å²) >= 11 is 0. The minimum absolute atomic E-state index is 0.145. The van der Waals surface area contributed by atoms with E-state index >= 15 is 0 Å². The van der Waals surface area contributed by atoms with Gasteiger partial charge in [0.25, 0.3) is 5.56 Å². The molecule has 1 saturated heterocycles. The van der Waals surface area contributed by atoms with Gasteiger partial charge in [-0.15, -0.1) is 0 Å². The SMILES string of the molecule is CCC[C@@]1(CO)CN(C(=O)Cn2nc(C)c3ccccc3c2=O)CC[C@H]1O. The van der Waals surface area contributed by atoms with Crippen molar-refractivity contribution in [1.82, 2.24) is 14.7 Å². The Hall–Kier alpha value is -2.25. The molecule has 0 aliphatic carbocycles. The molecular formula is C20H27N3O4. The maximum absolute atomic E-state index is 12.8. The van der Waals surface area contributed by atoms with Gasteiger partial charge in [-0.1, -0.05) is 31.5 Å². The molecular weight excluding hydrogens is 346 g/mol. The summed E-state index contributed by atoms with van der Waals surface area (Å²) < 4.78 is 1.21. The smallest absolute Gasteiger partial charge is 0.275 e. The van der Waals surface area contributed by atoms with Gasteiger partial charge in [-0.05, 0) is 25.8 Å². The van der Waals surface area contributed by atoms with Crippen LogP contribution in [0.15, 0.2) is 29.1 Å². The van der Waals surface area contributed by atoms with E-state index in [4.69, 9.17) is 0 Å². The number of aliphatic hydroxyl groups is 2. The van der Waals surface area contributed by atoms with Gasteiger partial charge < -0.3 is 15.1 Å². The fourth-order valence-electron chi connectivity index (χ4n) is 4.08. The minimum Gasteiger partial charge on any atom is -0.396 e. The average Bonchev–Trinajstić information content (AvgIpc) is 2.67. The van der Waals surface area contributed by atoms with E-state index in [0.717, 1.165) is 11.8 Å². The first kappa shape index (κ1) is 19.5. The lowest BCUT2D eigenvalue weighted by molar-refractivity contribution is -0.143. The second-order valence-electron chi connectivity index (χ2n) is 7.48. The van der Waals surface area contributed by atoms with E-state index in [-0.39, 0.29) is 24.6 Å². The summed E-state index contributed by atoms with van der Waals surface area (Å²) in [6.07, 6.45) is 1.24. The highest BCUT2D eigenvalue weighted by Crippen LogP contribution is 2.34. The molecule has 2 aromatic rings. The number of benzene rings is 1. The average molecular weight is 373 g/mol. The number of nitrogens with zero attached hydrogens (tertiary/aromatic N) is 3. The molecule has 0 bridgehead atoms. The van der Waals surface area contributed by atoms with Crippen LogP contribution in [0.1, 0.15) is 31.9 Å². The number of amides is 1. The molecule has 0 unspecified atom stereocenters. The van der Waals surface area contributed by atoms with Gasteiger partial charge in [0.1, 0.15) is 6.54 Å². The summed E-state index contributed by atoms with van der Waals surface area (Å²) in [7, 11) is 0. The number of carbonyl (C=O) groups excluding carboxylic acids is 1. The molecule has 1 amide bonds. The van der Waals surface area contributed by atoms with Crippen LogP contribution in [0.2, 0.25) is 0 Å². The molecule has 1 fully saturated rings. The second kappa shape index (κ2) is 7.78. The first-order chi connectivity index (χ1) is 12.9. The number of aryl methyl sites for hydroxylation is 1. The van der Waals surface area contributed by atoms with Crippen LogP contribution in [-0.4, -0.2) is 56.6 Å². The number of aromatic nitrogens is 2. The highest BCUT2D eigenvalue weighted by atomic mass is 16.3. The van der Waals surface area contributed by atoms with Crippen LogP contribution in [0.5, 0.6) is 0 Å². The zero-order valence-corrected chi connectivity index (χ0v) is 15.9. The Morgan fingerprint density at radius 2 is 2.04 bits per heavy atom. The van der Waals surface area contributed by atoms with E-state index in [0.29, 0.717) is 37.0 Å². The molecule has 0 radical (unpaired) electrons. The number of piperidine rings is 1. The van der Waals surface area contributed by atoms with Gasteiger partial charge in [-0.3, -0.25) is 9.59 Å². The summed E-state index contributed by atoms with van der Waals surface area (Å²) in [6, 6.07) is 7.23. The number of aliphatic hydroxyl groups excluding tert-OH is 2. The highest BCUT2D eigenvalue weighted by Gasteiger charge is 2.42. The lowest BCUT2D eigenvalue weighted by Crippen LogP contribution is -2.56.